The first-order valence-electron chi connectivity index (χ1n) is 11.0. The number of nitrogens with zero attached hydrogens (tertiary/aromatic N) is 4. The van der Waals surface area contributed by atoms with Gasteiger partial charge in [-0.25, -0.2) is 18.9 Å². The van der Waals surface area contributed by atoms with E-state index in [2.05, 4.69) is 15.4 Å². The highest BCUT2D eigenvalue weighted by Crippen LogP contribution is 2.33. The number of fused-ring (bicyclic) bond motifs is 1. The van der Waals surface area contributed by atoms with Gasteiger partial charge in [-0.05, 0) is 66.9 Å². The van der Waals surface area contributed by atoms with Crippen LogP contribution < -0.4 is 5.32 Å². The lowest BCUT2D eigenvalue weighted by Gasteiger charge is -2.09. The molecule has 34 heavy (non-hydrogen) atoms. The molecule has 0 radical (unpaired) electrons. The summed E-state index contributed by atoms with van der Waals surface area (Å²) >= 11 is 0. The van der Waals surface area contributed by atoms with Gasteiger partial charge >= 0.3 is 0 Å². The van der Waals surface area contributed by atoms with Crippen LogP contribution in [0.25, 0.3) is 28.2 Å². The Hall–Kier alpha value is -4.39. The Balaban J connectivity index is 1.47. The molecule has 2 aromatic carbocycles. The fraction of sp³-hybridized carbons (Fsp3) is 0.111. The van der Waals surface area contributed by atoms with E-state index in [1.807, 2.05) is 48.5 Å². The number of carbonyl (C=O) groups is 1. The summed E-state index contributed by atoms with van der Waals surface area (Å²) in [5.41, 5.74) is 5.30. The van der Waals surface area contributed by atoms with Crippen molar-refractivity contribution in [1.29, 1.82) is 0 Å². The monoisotopic (exact) mass is 451 g/mol. The highest BCUT2D eigenvalue weighted by atomic mass is 19.1. The fourth-order valence-corrected chi connectivity index (χ4v) is 3.90. The largest absolute Gasteiger partial charge is 0.311 e. The second kappa shape index (κ2) is 9.23. The first-order valence-corrected chi connectivity index (χ1v) is 11.0. The van der Waals surface area contributed by atoms with Gasteiger partial charge in [-0.3, -0.25) is 4.79 Å². The fourth-order valence-electron chi connectivity index (χ4n) is 3.90. The maximum absolute atomic E-state index is 13.9. The zero-order valence-electron chi connectivity index (χ0n) is 18.6. The van der Waals surface area contributed by atoms with Gasteiger partial charge in [0.05, 0.1) is 5.69 Å². The highest BCUT2D eigenvalue weighted by Gasteiger charge is 2.18. The predicted octanol–water partition coefficient (Wildman–Crippen LogP) is 5.48. The standard InChI is InChI=1S/C27H22FN5O/c1-18-16-20(10-11-22(18)28)26-27(33-24(32-26)8-5-14-30-33)21-13-15-29-23(17-21)31-25(34)12-9-19-6-3-2-4-7-19/h2-8,10-11,13-17H,9,12H2,1H3,(H,29,31,34). The van der Waals surface area contributed by atoms with Gasteiger partial charge in [0.2, 0.25) is 5.91 Å². The van der Waals surface area contributed by atoms with Crippen molar-refractivity contribution >= 4 is 17.4 Å². The zero-order valence-corrected chi connectivity index (χ0v) is 18.6. The molecule has 5 aromatic rings. The highest BCUT2D eigenvalue weighted by molar-refractivity contribution is 5.91. The van der Waals surface area contributed by atoms with Crippen molar-refractivity contribution in [2.45, 2.75) is 19.8 Å². The number of hydrogen-bond acceptors (Lipinski definition) is 4. The van der Waals surface area contributed by atoms with E-state index in [-0.39, 0.29) is 11.7 Å². The molecule has 0 saturated carbocycles. The molecule has 0 fully saturated rings. The Morgan fingerprint density at radius 3 is 2.65 bits per heavy atom. The summed E-state index contributed by atoms with van der Waals surface area (Å²) in [5, 5.41) is 7.36. The van der Waals surface area contributed by atoms with Crippen molar-refractivity contribution in [1.82, 2.24) is 19.6 Å². The van der Waals surface area contributed by atoms with E-state index >= 15 is 0 Å². The van der Waals surface area contributed by atoms with Gasteiger partial charge < -0.3 is 5.32 Å². The third-order valence-corrected chi connectivity index (χ3v) is 5.61. The quantitative estimate of drug-likeness (QED) is 0.371. The minimum Gasteiger partial charge on any atom is -0.311 e. The number of imidazole rings is 1. The van der Waals surface area contributed by atoms with E-state index < -0.39 is 0 Å². The molecule has 0 bridgehead atoms. The molecule has 6 nitrogen and oxygen atoms in total. The average Bonchev–Trinajstić information content (AvgIpc) is 3.25. The Kier molecular flexibility index (Phi) is 5.82. The summed E-state index contributed by atoms with van der Waals surface area (Å²) < 4.78 is 15.6. The van der Waals surface area contributed by atoms with Gasteiger partial charge in [-0.2, -0.15) is 5.10 Å². The second-order valence-electron chi connectivity index (χ2n) is 8.03. The van der Waals surface area contributed by atoms with E-state index in [1.54, 1.807) is 42.0 Å². The number of carbonyl (C=O) groups excluding carboxylic acids is 1. The molecule has 0 aliphatic heterocycles. The smallest absolute Gasteiger partial charge is 0.225 e. The van der Waals surface area contributed by atoms with Crippen LogP contribution in [0.5, 0.6) is 0 Å². The molecule has 1 amide bonds. The van der Waals surface area contributed by atoms with Crippen LogP contribution in [0.2, 0.25) is 0 Å². The van der Waals surface area contributed by atoms with Crippen LogP contribution in [0, 0.1) is 12.7 Å². The summed E-state index contributed by atoms with van der Waals surface area (Å²) in [6.45, 7) is 1.72. The predicted molar refractivity (Wildman–Crippen MR) is 130 cm³/mol. The van der Waals surface area contributed by atoms with Crippen molar-refractivity contribution in [3.8, 4) is 22.5 Å². The zero-order chi connectivity index (χ0) is 23.5. The summed E-state index contributed by atoms with van der Waals surface area (Å²) in [6, 6.07) is 22.1. The minimum atomic E-state index is -0.267. The number of benzene rings is 2. The van der Waals surface area contributed by atoms with Gasteiger partial charge in [0.25, 0.3) is 0 Å². The number of pyridine rings is 1. The summed E-state index contributed by atoms with van der Waals surface area (Å²) in [5.74, 6) is 0.0680. The van der Waals surface area contributed by atoms with Gasteiger partial charge in [-0.1, -0.05) is 30.3 Å². The number of halogens is 1. The van der Waals surface area contributed by atoms with Crippen molar-refractivity contribution in [2.75, 3.05) is 5.32 Å². The Labute approximate surface area is 196 Å². The molecule has 5 rings (SSSR count). The lowest BCUT2D eigenvalue weighted by Crippen LogP contribution is -2.13. The molecule has 0 unspecified atom stereocenters. The number of aromatic nitrogens is 4. The van der Waals surface area contributed by atoms with E-state index in [1.165, 1.54) is 6.07 Å². The summed E-state index contributed by atoms with van der Waals surface area (Å²) in [4.78, 5) is 21.6. The molecule has 7 heteroatoms. The third kappa shape index (κ3) is 4.41. The Morgan fingerprint density at radius 2 is 1.82 bits per heavy atom. The van der Waals surface area contributed by atoms with Crippen LogP contribution in [0.15, 0.2) is 85.2 Å². The first-order chi connectivity index (χ1) is 16.6. The minimum absolute atomic E-state index is 0.112. The SMILES string of the molecule is Cc1cc(-c2nc3cccnn3c2-c2ccnc(NC(=O)CCc3ccccc3)c2)ccc1F. The number of rotatable bonds is 6. The molecular formula is C27H22FN5O. The molecule has 0 aliphatic rings. The lowest BCUT2D eigenvalue weighted by molar-refractivity contribution is -0.116. The van der Waals surface area contributed by atoms with E-state index in [0.717, 1.165) is 22.4 Å². The molecule has 168 valence electrons. The molecule has 0 aliphatic carbocycles. The average molecular weight is 452 g/mol. The van der Waals surface area contributed by atoms with Crippen LogP contribution in [0.4, 0.5) is 10.2 Å². The Bertz CT molecular complexity index is 1480. The molecule has 1 N–H and O–H groups in total. The third-order valence-electron chi connectivity index (χ3n) is 5.61. The molecule has 0 saturated heterocycles. The van der Waals surface area contributed by atoms with Gasteiger partial charge in [0.1, 0.15) is 17.3 Å². The number of amides is 1. The topological polar surface area (TPSA) is 72.2 Å². The number of nitrogens with one attached hydrogen (secondary N) is 1. The van der Waals surface area contributed by atoms with Crippen LogP contribution in [-0.4, -0.2) is 25.5 Å². The van der Waals surface area contributed by atoms with Crippen LogP contribution in [0.3, 0.4) is 0 Å². The number of anilines is 1. The number of aryl methyl sites for hydroxylation is 2. The van der Waals surface area contributed by atoms with Crippen LogP contribution in [-0.2, 0) is 11.2 Å². The second-order valence-corrected chi connectivity index (χ2v) is 8.03. The maximum atomic E-state index is 13.9. The normalized spacial score (nSPS) is 11.0. The van der Waals surface area contributed by atoms with Gasteiger partial charge in [0.15, 0.2) is 5.65 Å². The van der Waals surface area contributed by atoms with E-state index in [9.17, 15) is 9.18 Å². The first kappa shape index (κ1) is 21.5. The maximum Gasteiger partial charge on any atom is 0.225 e. The van der Waals surface area contributed by atoms with E-state index in [4.69, 9.17) is 4.98 Å². The summed E-state index contributed by atoms with van der Waals surface area (Å²) in [7, 11) is 0. The molecule has 0 atom stereocenters. The molecule has 0 spiro atoms. The number of hydrogen-bond donors (Lipinski definition) is 1. The van der Waals surface area contributed by atoms with Crippen molar-refractivity contribution in [2.24, 2.45) is 0 Å². The van der Waals surface area contributed by atoms with E-state index in [0.29, 0.717) is 35.6 Å². The summed E-state index contributed by atoms with van der Waals surface area (Å²) in [6.07, 6.45) is 4.33. The van der Waals surface area contributed by atoms with Crippen molar-refractivity contribution in [3.05, 3.63) is 102 Å². The van der Waals surface area contributed by atoms with Crippen LogP contribution >= 0.6 is 0 Å². The Morgan fingerprint density at radius 1 is 0.971 bits per heavy atom. The van der Waals surface area contributed by atoms with Crippen molar-refractivity contribution < 1.29 is 9.18 Å². The van der Waals surface area contributed by atoms with Crippen LogP contribution in [0.1, 0.15) is 17.5 Å². The molecule has 3 aromatic heterocycles. The molecular weight excluding hydrogens is 429 g/mol. The molecule has 3 heterocycles. The lowest BCUT2D eigenvalue weighted by atomic mass is 10.0. The van der Waals surface area contributed by atoms with Gasteiger partial charge in [-0.15, -0.1) is 0 Å². The van der Waals surface area contributed by atoms with Gasteiger partial charge in [0, 0.05) is 29.9 Å². The van der Waals surface area contributed by atoms with Crippen molar-refractivity contribution in [3.63, 3.8) is 0 Å².